The quantitative estimate of drug-likeness (QED) is 0.723. The molecule has 0 aliphatic heterocycles. The Morgan fingerprint density at radius 2 is 2.06 bits per heavy atom. The third-order valence-corrected chi connectivity index (χ3v) is 2.19. The van der Waals surface area contributed by atoms with Crippen LogP contribution in [0.5, 0.6) is 0 Å². The first kappa shape index (κ1) is 11.8. The lowest BCUT2D eigenvalue weighted by atomic mass is 10.2. The van der Waals surface area contributed by atoms with Gasteiger partial charge in [-0.15, -0.1) is 0 Å². The van der Waals surface area contributed by atoms with E-state index in [4.69, 9.17) is 10.5 Å². The Balaban J connectivity index is 2.28. The lowest BCUT2D eigenvalue weighted by Gasteiger charge is -2.07. The van der Waals surface area contributed by atoms with E-state index < -0.39 is 5.82 Å². The molecule has 6 heteroatoms. The molecular formula is C12H9FN4O. The van der Waals surface area contributed by atoms with Crippen LogP contribution in [0.3, 0.4) is 0 Å². The number of nitrogens with zero attached hydrogens (tertiary/aromatic N) is 2. The SMILES string of the molecule is N#Cc1cc(F)cc(Nc2cc(NO)ccn2)c1. The molecule has 0 atom stereocenters. The first-order valence-electron chi connectivity index (χ1n) is 5.05. The average molecular weight is 244 g/mol. The van der Waals surface area contributed by atoms with E-state index in [1.54, 1.807) is 6.07 Å². The second kappa shape index (κ2) is 5.12. The summed E-state index contributed by atoms with van der Waals surface area (Å²) in [7, 11) is 0. The predicted molar refractivity (Wildman–Crippen MR) is 64.0 cm³/mol. The average Bonchev–Trinajstić information content (AvgIpc) is 2.38. The van der Waals surface area contributed by atoms with Crippen LogP contribution in [0.15, 0.2) is 36.5 Å². The van der Waals surface area contributed by atoms with Crippen molar-refractivity contribution in [1.82, 2.24) is 4.98 Å². The molecule has 0 radical (unpaired) electrons. The molecule has 2 aromatic rings. The minimum atomic E-state index is -0.506. The van der Waals surface area contributed by atoms with Crippen LogP contribution in [-0.2, 0) is 0 Å². The van der Waals surface area contributed by atoms with E-state index in [1.807, 2.05) is 11.5 Å². The van der Waals surface area contributed by atoms with Gasteiger partial charge >= 0.3 is 0 Å². The summed E-state index contributed by atoms with van der Waals surface area (Å²) in [5.41, 5.74) is 3.06. The Morgan fingerprint density at radius 3 is 2.78 bits per heavy atom. The van der Waals surface area contributed by atoms with Crippen molar-refractivity contribution < 1.29 is 9.60 Å². The summed E-state index contributed by atoms with van der Waals surface area (Å²) in [6, 6.07) is 8.87. The van der Waals surface area contributed by atoms with Crippen molar-refractivity contribution in [3.05, 3.63) is 47.9 Å². The number of hydrogen-bond acceptors (Lipinski definition) is 5. The minimum absolute atomic E-state index is 0.217. The molecule has 0 aliphatic rings. The lowest BCUT2D eigenvalue weighted by molar-refractivity contribution is 0.389. The number of rotatable bonds is 3. The van der Waals surface area contributed by atoms with Gasteiger partial charge in [-0.2, -0.15) is 5.26 Å². The smallest absolute Gasteiger partial charge is 0.132 e. The van der Waals surface area contributed by atoms with Crippen LogP contribution in [0.4, 0.5) is 21.6 Å². The van der Waals surface area contributed by atoms with Gasteiger partial charge in [0.1, 0.15) is 11.6 Å². The zero-order valence-electron chi connectivity index (χ0n) is 9.18. The molecule has 0 bridgehead atoms. The van der Waals surface area contributed by atoms with Gasteiger partial charge in [0.15, 0.2) is 0 Å². The summed E-state index contributed by atoms with van der Waals surface area (Å²) >= 11 is 0. The number of aromatic nitrogens is 1. The molecule has 0 spiro atoms. The number of benzene rings is 1. The van der Waals surface area contributed by atoms with Crippen molar-refractivity contribution >= 4 is 17.2 Å². The second-order valence-electron chi connectivity index (χ2n) is 3.51. The monoisotopic (exact) mass is 244 g/mol. The molecule has 90 valence electrons. The first-order valence-corrected chi connectivity index (χ1v) is 5.05. The van der Waals surface area contributed by atoms with E-state index in [0.717, 1.165) is 6.07 Å². The van der Waals surface area contributed by atoms with Crippen LogP contribution in [0.1, 0.15) is 5.56 Å². The van der Waals surface area contributed by atoms with E-state index in [9.17, 15) is 4.39 Å². The van der Waals surface area contributed by atoms with Gasteiger partial charge in [0.05, 0.1) is 17.3 Å². The third-order valence-electron chi connectivity index (χ3n) is 2.19. The Morgan fingerprint density at radius 1 is 1.22 bits per heavy atom. The van der Waals surface area contributed by atoms with Gasteiger partial charge in [-0.3, -0.25) is 10.7 Å². The van der Waals surface area contributed by atoms with Gasteiger partial charge in [-0.1, -0.05) is 0 Å². The fourth-order valence-corrected chi connectivity index (χ4v) is 1.44. The van der Waals surface area contributed by atoms with Crippen molar-refractivity contribution in [3.63, 3.8) is 0 Å². The summed E-state index contributed by atoms with van der Waals surface area (Å²) in [6.45, 7) is 0. The van der Waals surface area contributed by atoms with Gasteiger partial charge in [0, 0.05) is 18.0 Å². The van der Waals surface area contributed by atoms with Gasteiger partial charge in [-0.05, 0) is 24.3 Å². The number of nitriles is 1. The fraction of sp³-hybridized carbons (Fsp3) is 0. The predicted octanol–water partition coefficient (Wildman–Crippen LogP) is 2.64. The van der Waals surface area contributed by atoms with Crippen molar-refractivity contribution in [2.75, 3.05) is 10.8 Å². The molecule has 1 aromatic heterocycles. The van der Waals surface area contributed by atoms with Crippen molar-refractivity contribution in [2.45, 2.75) is 0 Å². The number of pyridine rings is 1. The summed E-state index contributed by atoms with van der Waals surface area (Å²) in [4.78, 5) is 4.00. The van der Waals surface area contributed by atoms with Crippen molar-refractivity contribution in [2.24, 2.45) is 0 Å². The zero-order valence-corrected chi connectivity index (χ0v) is 9.18. The van der Waals surface area contributed by atoms with E-state index in [1.165, 1.54) is 24.4 Å². The zero-order chi connectivity index (χ0) is 13.0. The molecular weight excluding hydrogens is 235 g/mol. The van der Waals surface area contributed by atoms with E-state index in [-0.39, 0.29) is 5.56 Å². The molecule has 1 aromatic carbocycles. The summed E-state index contributed by atoms with van der Waals surface area (Å²) in [5.74, 6) is -0.0865. The molecule has 0 unspecified atom stereocenters. The molecule has 0 saturated heterocycles. The molecule has 3 N–H and O–H groups in total. The Kier molecular flexibility index (Phi) is 3.36. The van der Waals surface area contributed by atoms with Gasteiger partial charge < -0.3 is 5.32 Å². The van der Waals surface area contributed by atoms with Crippen molar-refractivity contribution in [1.29, 1.82) is 5.26 Å². The number of anilines is 3. The lowest BCUT2D eigenvalue weighted by Crippen LogP contribution is -1.97. The fourth-order valence-electron chi connectivity index (χ4n) is 1.44. The van der Waals surface area contributed by atoms with Gasteiger partial charge in [0.25, 0.3) is 0 Å². The summed E-state index contributed by atoms with van der Waals surface area (Å²) < 4.78 is 13.2. The highest BCUT2D eigenvalue weighted by Crippen LogP contribution is 2.19. The van der Waals surface area contributed by atoms with Crippen LogP contribution in [-0.4, -0.2) is 10.2 Å². The largest absolute Gasteiger partial charge is 0.340 e. The van der Waals surface area contributed by atoms with Gasteiger partial charge in [0.2, 0.25) is 0 Å². The normalized spacial score (nSPS) is 9.61. The molecule has 5 nitrogen and oxygen atoms in total. The van der Waals surface area contributed by atoms with Crippen LogP contribution in [0.25, 0.3) is 0 Å². The Labute approximate surface area is 102 Å². The number of hydrogen-bond donors (Lipinski definition) is 3. The molecule has 2 rings (SSSR count). The molecule has 1 heterocycles. The maximum Gasteiger partial charge on any atom is 0.132 e. The standard InChI is InChI=1S/C12H9FN4O/c13-9-3-8(7-14)4-11(5-9)16-12-6-10(17-18)1-2-15-12/h1-6,18H,(H2,15,16,17). The molecule has 18 heavy (non-hydrogen) atoms. The maximum atomic E-state index is 13.2. The van der Waals surface area contributed by atoms with Crippen LogP contribution >= 0.6 is 0 Å². The van der Waals surface area contributed by atoms with Crippen molar-refractivity contribution in [3.8, 4) is 6.07 Å². The number of halogens is 1. The molecule has 0 aliphatic carbocycles. The Bertz CT molecular complexity index is 609. The van der Waals surface area contributed by atoms with E-state index >= 15 is 0 Å². The topological polar surface area (TPSA) is 81.0 Å². The molecule has 0 saturated carbocycles. The maximum absolute atomic E-state index is 13.2. The molecule has 0 amide bonds. The third kappa shape index (κ3) is 2.72. The highest BCUT2D eigenvalue weighted by Gasteiger charge is 2.02. The van der Waals surface area contributed by atoms with Crippen LogP contribution < -0.4 is 10.8 Å². The summed E-state index contributed by atoms with van der Waals surface area (Å²) in [6.07, 6.45) is 1.48. The number of nitrogens with one attached hydrogen (secondary N) is 2. The minimum Gasteiger partial charge on any atom is -0.340 e. The Hall–Kier alpha value is -2.65. The highest BCUT2D eigenvalue weighted by molar-refractivity contribution is 5.61. The molecule has 0 fully saturated rings. The highest BCUT2D eigenvalue weighted by atomic mass is 19.1. The second-order valence-corrected chi connectivity index (χ2v) is 3.51. The van der Waals surface area contributed by atoms with Gasteiger partial charge in [-0.25, -0.2) is 9.37 Å². The first-order chi connectivity index (χ1) is 8.71. The van der Waals surface area contributed by atoms with Crippen LogP contribution in [0.2, 0.25) is 0 Å². The summed E-state index contributed by atoms with van der Waals surface area (Å²) in [5, 5.41) is 20.3. The van der Waals surface area contributed by atoms with Crippen LogP contribution in [0, 0.1) is 17.1 Å². The van der Waals surface area contributed by atoms with E-state index in [0.29, 0.717) is 17.2 Å². The van der Waals surface area contributed by atoms with E-state index in [2.05, 4.69) is 10.3 Å².